The summed E-state index contributed by atoms with van der Waals surface area (Å²) in [7, 11) is 0. The molecule has 2 unspecified atom stereocenters. The molecule has 3 heterocycles. The molecule has 4 rings (SSSR count). The molecule has 0 spiro atoms. The first-order chi connectivity index (χ1) is 14.6. The summed E-state index contributed by atoms with van der Waals surface area (Å²) in [5.41, 5.74) is 2.71. The number of carbonyl (C=O) groups is 1. The molecule has 30 heavy (non-hydrogen) atoms. The van der Waals surface area contributed by atoms with Crippen molar-refractivity contribution in [3.8, 4) is 0 Å². The molecule has 3 aromatic rings. The number of amides is 1. The van der Waals surface area contributed by atoms with E-state index in [1.54, 1.807) is 6.20 Å². The fourth-order valence-corrected chi connectivity index (χ4v) is 3.70. The van der Waals surface area contributed by atoms with Gasteiger partial charge in [-0.1, -0.05) is 18.2 Å². The van der Waals surface area contributed by atoms with Crippen molar-refractivity contribution in [2.24, 2.45) is 0 Å². The highest BCUT2D eigenvalue weighted by atomic mass is 16.5. The van der Waals surface area contributed by atoms with Gasteiger partial charge in [0.05, 0.1) is 18.8 Å². The Bertz CT molecular complexity index is 944. The number of morpholine rings is 1. The first kappa shape index (κ1) is 20.1. The zero-order valence-electron chi connectivity index (χ0n) is 17.4. The van der Waals surface area contributed by atoms with Gasteiger partial charge < -0.3 is 15.0 Å². The summed E-state index contributed by atoms with van der Waals surface area (Å²) >= 11 is 0. The van der Waals surface area contributed by atoms with E-state index >= 15 is 0 Å². The molecule has 156 valence electrons. The highest BCUT2D eigenvalue weighted by Crippen LogP contribution is 2.18. The molecule has 1 N–H and O–H groups in total. The number of anilines is 1. The van der Waals surface area contributed by atoms with Crippen molar-refractivity contribution in [2.75, 3.05) is 18.0 Å². The van der Waals surface area contributed by atoms with Crippen LogP contribution in [0.2, 0.25) is 0 Å². The Morgan fingerprint density at radius 3 is 2.47 bits per heavy atom. The maximum Gasteiger partial charge on any atom is 0.251 e. The van der Waals surface area contributed by atoms with Crippen molar-refractivity contribution < 1.29 is 9.53 Å². The predicted octanol–water partition coefficient (Wildman–Crippen LogP) is 2.87. The number of benzene rings is 1. The number of hydrogen-bond donors (Lipinski definition) is 1. The van der Waals surface area contributed by atoms with Gasteiger partial charge in [0.15, 0.2) is 0 Å². The van der Waals surface area contributed by atoms with Crippen LogP contribution in [0, 0.1) is 0 Å². The maximum absolute atomic E-state index is 12.5. The molecule has 0 saturated carbocycles. The Hall–Kier alpha value is -3.19. The summed E-state index contributed by atoms with van der Waals surface area (Å²) < 4.78 is 7.63. The summed E-state index contributed by atoms with van der Waals surface area (Å²) in [5, 5.41) is 7.16. The monoisotopic (exact) mass is 405 g/mol. The molecule has 1 fully saturated rings. The zero-order chi connectivity index (χ0) is 20.9. The van der Waals surface area contributed by atoms with Crippen LogP contribution in [0.4, 0.5) is 5.82 Å². The maximum atomic E-state index is 12.5. The molecule has 1 aromatic carbocycles. The van der Waals surface area contributed by atoms with Gasteiger partial charge in [-0.05, 0) is 49.2 Å². The van der Waals surface area contributed by atoms with Crippen molar-refractivity contribution in [1.29, 1.82) is 0 Å². The fourth-order valence-electron chi connectivity index (χ4n) is 3.70. The quantitative estimate of drug-likeness (QED) is 0.683. The predicted molar refractivity (Wildman–Crippen MR) is 115 cm³/mol. The summed E-state index contributed by atoms with van der Waals surface area (Å²) in [5.74, 6) is 0.848. The average molecular weight is 406 g/mol. The number of nitrogens with zero attached hydrogens (tertiary/aromatic N) is 4. The number of nitrogens with one attached hydrogen (secondary N) is 1. The van der Waals surface area contributed by atoms with Crippen LogP contribution in [0.5, 0.6) is 0 Å². The van der Waals surface area contributed by atoms with E-state index in [4.69, 9.17) is 4.74 Å². The van der Waals surface area contributed by atoms with Crippen LogP contribution in [-0.2, 0) is 17.8 Å². The standard InChI is InChI=1S/C23H27N5O2/c1-17-14-27(15-18(2)30-17)22-9-6-20(12-24-22)13-25-23(29)21-7-4-19(5-8-21)16-28-11-3-10-26-28/h3-12,17-18H,13-16H2,1-2H3,(H,25,29). The van der Waals surface area contributed by atoms with Gasteiger partial charge >= 0.3 is 0 Å². The summed E-state index contributed by atoms with van der Waals surface area (Å²) in [6.45, 7) is 6.96. The van der Waals surface area contributed by atoms with Crippen LogP contribution in [0.1, 0.15) is 35.3 Å². The topological polar surface area (TPSA) is 72.3 Å². The lowest BCUT2D eigenvalue weighted by Crippen LogP contribution is -2.45. The summed E-state index contributed by atoms with van der Waals surface area (Å²) in [6.07, 6.45) is 5.89. The first-order valence-corrected chi connectivity index (χ1v) is 10.3. The van der Waals surface area contributed by atoms with Crippen LogP contribution in [0.25, 0.3) is 0 Å². The number of rotatable bonds is 6. The van der Waals surface area contributed by atoms with Crippen LogP contribution < -0.4 is 10.2 Å². The highest BCUT2D eigenvalue weighted by molar-refractivity contribution is 5.94. The Morgan fingerprint density at radius 1 is 1.10 bits per heavy atom. The van der Waals surface area contributed by atoms with Crippen LogP contribution >= 0.6 is 0 Å². The lowest BCUT2D eigenvalue weighted by molar-refractivity contribution is -0.00546. The third-order valence-corrected chi connectivity index (χ3v) is 5.13. The molecule has 7 nitrogen and oxygen atoms in total. The largest absolute Gasteiger partial charge is 0.372 e. The van der Waals surface area contributed by atoms with E-state index < -0.39 is 0 Å². The first-order valence-electron chi connectivity index (χ1n) is 10.3. The smallest absolute Gasteiger partial charge is 0.251 e. The molecule has 1 aliphatic heterocycles. The Labute approximate surface area is 176 Å². The number of ether oxygens (including phenoxy) is 1. The minimum atomic E-state index is -0.0967. The molecule has 0 aliphatic carbocycles. The molecule has 0 radical (unpaired) electrons. The molecule has 2 atom stereocenters. The Balaban J connectivity index is 1.30. The molecule has 1 saturated heterocycles. The van der Waals surface area contributed by atoms with Gasteiger partial charge in [0.1, 0.15) is 5.82 Å². The minimum Gasteiger partial charge on any atom is -0.372 e. The van der Waals surface area contributed by atoms with Gasteiger partial charge in [0, 0.05) is 43.8 Å². The van der Waals surface area contributed by atoms with Crippen molar-refractivity contribution in [1.82, 2.24) is 20.1 Å². The third-order valence-electron chi connectivity index (χ3n) is 5.13. The van der Waals surface area contributed by atoms with Gasteiger partial charge in [0.2, 0.25) is 0 Å². The zero-order valence-corrected chi connectivity index (χ0v) is 17.4. The molecular weight excluding hydrogens is 378 g/mol. The fraction of sp³-hybridized carbons (Fsp3) is 0.348. The number of aromatic nitrogens is 3. The minimum absolute atomic E-state index is 0.0967. The van der Waals surface area contributed by atoms with Crippen molar-refractivity contribution in [3.05, 3.63) is 77.7 Å². The van der Waals surface area contributed by atoms with E-state index in [0.29, 0.717) is 18.7 Å². The Kier molecular flexibility index (Phi) is 6.09. The molecule has 1 aliphatic rings. The van der Waals surface area contributed by atoms with Crippen LogP contribution in [0.3, 0.4) is 0 Å². The molecule has 1 amide bonds. The average Bonchev–Trinajstić information content (AvgIpc) is 3.25. The molecular formula is C23H27N5O2. The normalized spacial score (nSPS) is 18.9. The van der Waals surface area contributed by atoms with E-state index in [-0.39, 0.29) is 18.1 Å². The number of carbonyl (C=O) groups excluding carboxylic acids is 1. The van der Waals surface area contributed by atoms with Crippen LogP contribution in [-0.4, -0.2) is 46.0 Å². The molecule has 0 bridgehead atoms. The lowest BCUT2D eigenvalue weighted by atomic mass is 10.1. The third kappa shape index (κ3) is 5.04. The second-order valence-electron chi connectivity index (χ2n) is 7.77. The second-order valence-corrected chi connectivity index (χ2v) is 7.77. The summed E-state index contributed by atoms with van der Waals surface area (Å²) in [6, 6.07) is 13.5. The van der Waals surface area contributed by atoms with Gasteiger partial charge in [-0.2, -0.15) is 5.10 Å². The number of hydrogen-bond acceptors (Lipinski definition) is 5. The van der Waals surface area contributed by atoms with Crippen molar-refractivity contribution >= 4 is 11.7 Å². The second kappa shape index (κ2) is 9.09. The van der Waals surface area contributed by atoms with Crippen molar-refractivity contribution in [2.45, 2.75) is 39.1 Å². The summed E-state index contributed by atoms with van der Waals surface area (Å²) in [4.78, 5) is 19.3. The lowest BCUT2D eigenvalue weighted by Gasteiger charge is -2.36. The van der Waals surface area contributed by atoms with Gasteiger partial charge in [-0.15, -0.1) is 0 Å². The van der Waals surface area contributed by atoms with E-state index in [1.807, 2.05) is 59.5 Å². The van der Waals surface area contributed by atoms with E-state index in [1.165, 1.54) is 0 Å². The van der Waals surface area contributed by atoms with E-state index in [9.17, 15) is 4.79 Å². The highest BCUT2D eigenvalue weighted by Gasteiger charge is 2.22. The van der Waals surface area contributed by atoms with Crippen LogP contribution in [0.15, 0.2) is 61.1 Å². The van der Waals surface area contributed by atoms with E-state index in [2.05, 4.69) is 34.1 Å². The van der Waals surface area contributed by atoms with E-state index in [0.717, 1.165) is 30.0 Å². The molecule has 2 aromatic heterocycles. The molecule has 7 heteroatoms. The number of pyridine rings is 1. The van der Waals surface area contributed by atoms with Gasteiger partial charge in [-0.3, -0.25) is 9.48 Å². The van der Waals surface area contributed by atoms with Crippen molar-refractivity contribution in [3.63, 3.8) is 0 Å². The Morgan fingerprint density at radius 2 is 1.83 bits per heavy atom. The SMILES string of the molecule is CC1CN(c2ccc(CNC(=O)c3ccc(Cn4cccn4)cc3)cn2)CC(C)O1. The van der Waals surface area contributed by atoms with Gasteiger partial charge in [0.25, 0.3) is 5.91 Å². The van der Waals surface area contributed by atoms with Gasteiger partial charge in [-0.25, -0.2) is 4.98 Å².